The molecule has 0 unspecified atom stereocenters. The predicted octanol–water partition coefficient (Wildman–Crippen LogP) is 2.51. The van der Waals surface area contributed by atoms with Crippen LogP contribution in [0.1, 0.15) is 12.0 Å². The van der Waals surface area contributed by atoms with Crippen molar-refractivity contribution in [3.63, 3.8) is 0 Å². The topological polar surface area (TPSA) is 99.1 Å². The van der Waals surface area contributed by atoms with Crippen LogP contribution in [0.3, 0.4) is 0 Å². The molecule has 1 aromatic rings. The second kappa shape index (κ2) is 10.5. The summed E-state index contributed by atoms with van der Waals surface area (Å²) in [5, 5.41) is 17.8. The standard InChI is InChI=1S/C13H18N2O.2C2HF3O2/c1-16-13-4-2-10(3-5-13)8-15-9-11-6-12(15)7-14-11;2*3-2(4,5)1(6)7/h2-5,11-12,14H,6-9H2,1H3;2*(H,6,7)/t11-,12-;;/m0../s1. The maximum atomic E-state index is 10.6. The maximum absolute atomic E-state index is 10.6. The van der Waals surface area contributed by atoms with Crippen LogP contribution in [0.4, 0.5) is 26.3 Å². The van der Waals surface area contributed by atoms with Gasteiger partial charge < -0.3 is 20.3 Å². The summed E-state index contributed by atoms with van der Waals surface area (Å²) in [6, 6.07) is 9.91. The Hall–Kier alpha value is -2.54. The number of carboxylic acid groups (broad SMARTS) is 2. The number of hydrogen-bond acceptors (Lipinski definition) is 5. The van der Waals surface area contributed by atoms with Gasteiger partial charge in [-0.05, 0) is 24.1 Å². The first-order valence-electron chi connectivity index (χ1n) is 8.44. The van der Waals surface area contributed by atoms with Gasteiger partial charge in [0.2, 0.25) is 0 Å². The predicted molar refractivity (Wildman–Crippen MR) is 91.0 cm³/mol. The zero-order valence-corrected chi connectivity index (χ0v) is 15.6. The summed E-state index contributed by atoms with van der Waals surface area (Å²) in [5.41, 5.74) is 1.38. The quantitative estimate of drug-likeness (QED) is 0.614. The van der Waals surface area contributed by atoms with Gasteiger partial charge in [-0.2, -0.15) is 26.3 Å². The Bertz CT molecular complexity index is 684. The van der Waals surface area contributed by atoms with Crippen LogP contribution in [0.15, 0.2) is 24.3 Å². The Morgan fingerprint density at radius 3 is 1.83 bits per heavy atom. The monoisotopic (exact) mass is 446 g/mol. The number of benzene rings is 1. The zero-order valence-electron chi connectivity index (χ0n) is 15.6. The molecule has 2 fully saturated rings. The van der Waals surface area contributed by atoms with Crippen LogP contribution in [0.2, 0.25) is 0 Å². The van der Waals surface area contributed by atoms with Crippen LogP contribution in [0, 0.1) is 0 Å². The second-order valence-corrected chi connectivity index (χ2v) is 6.38. The summed E-state index contributed by atoms with van der Waals surface area (Å²) in [6.45, 7) is 3.45. The SMILES string of the molecule is COc1ccc(CN2C[C@@H]3C[C@H]2CN3)cc1.O=C(O)C(F)(F)F.O=C(O)C(F)(F)F. The van der Waals surface area contributed by atoms with Gasteiger partial charge in [-0.25, -0.2) is 9.59 Å². The van der Waals surface area contributed by atoms with E-state index in [1.54, 1.807) is 7.11 Å². The maximum Gasteiger partial charge on any atom is 0.490 e. The van der Waals surface area contributed by atoms with Crippen LogP contribution in [0.25, 0.3) is 0 Å². The number of hydrogen-bond donors (Lipinski definition) is 3. The van der Waals surface area contributed by atoms with Crippen molar-refractivity contribution in [2.45, 2.75) is 37.4 Å². The lowest BCUT2D eigenvalue weighted by Crippen LogP contribution is -2.42. The van der Waals surface area contributed by atoms with Crippen LogP contribution >= 0.6 is 0 Å². The number of carboxylic acids is 2. The number of carbonyl (C=O) groups is 2. The molecule has 0 radical (unpaired) electrons. The number of nitrogens with one attached hydrogen (secondary N) is 1. The van der Waals surface area contributed by atoms with Crippen LogP contribution < -0.4 is 10.1 Å². The van der Waals surface area contributed by atoms with Crippen molar-refractivity contribution < 1.29 is 50.9 Å². The second-order valence-electron chi connectivity index (χ2n) is 6.38. The molecule has 7 nitrogen and oxygen atoms in total. The molecule has 1 aromatic carbocycles. The van der Waals surface area contributed by atoms with Gasteiger partial charge in [0.05, 0.1) is 7.11 Å². The largest absolute Gasteiger partial charge is 0.497 e. The molecule has 13 heteroatoms. The number of ether oxygens (including phenoxy) is 1. The highest BCUT2D eigenvalue weighted by atomic mass is 19.4. The first kappa shape index (κ1) is 25.5. The van der Waals surface area contributed by atoms with Crippen molar-refractivity contribution in [1.29, 1.82) is 0 Å². The summed E-state index contributed by atoms with van der Waals surface area (Å²) in [6.07, 6.45) is -8.84. The molecule has 0 aliphatic carbocycles. The molecule has 3 N–H and O–H groups in total. The van der Waals surface area contributed by atoms with Crippen molar-refractivity contribution in [1.82, 2.24) is 10.2 Å². The number of halogens is 6. The van der Waals surface area contributed by atoms with E-state index in [0.717, 1.165) is 24.4 Å². The minimum Gasteiger partial charge on any atom is -0.497 e. The van der Waals surface area contributed by atoms with Crippen LogP contribution in [0.5, 0.6) is 5.75 Å². The Morgan fingerprint density at radius 2 is 1.53 bits per heavy atom. The summed E-state index contributed by atoms with van der Waals surface area (Å²) >= 11 is 0. The molecule has 2 heterocycles. The molecule has 3 rings (SSSR count). The van der Waals surface area contributed by atoms with Gasteiger partial charge in [-0.3, -0.25) is 4.90 Å². The van der Waals surface area contributed by atoms with Crippen molar-refractivity contribution in [3.8, 4) is 5.75 Å². The van der Waals surface area contributed by atoms with E-state index in [4.69, 9.17) is 24.5 Å². The van der Waals surface area contributed by atoms with Gasteiger partial charge in [0.15, 0.2) is 0 Å². The highest BCUT2D eigenvalue weighted by Crippen LogP contribution is 2.25. The molecule has 30 heavy (non-hydrogen) atoms. The van der Waals surface area contributed by atoms with Gasteiger partial charge >= 0.3 is 24.3 Å². The Kier molecular flexibility index (Phi) is 8.90. The lowest BCUT2D eigenvalue weighted by molar-refractivity contribution is -0.193. The number of likely N-dealkylation sites (tertiary alicyclic amines) is 1. The molecule has 0 saturated carbocycles. The molecule has 2 aliphatic rings. The Morgan fingerprint density at radius 1 is 1.07 bits per heavy atom. The summed E-state index contributed by atoms with van der Waals surface area (Å²) in [5.74, 6) is -4.58. The fourth-order valence-electron chi connectivity index (χ4n) is 2.81. The highest BCUT2D eigenvalue weighted by molar-refractivity contribution is 5.73. The van der Waals surface area contributed by atoms with E-state index < -0.39 is 24.3 Å². The Balaban J connectivity index is 0.000000271. The van der Waals surface area contributed by atoms with Crippen molar-refractivity contribution in [2.75, 3.05) is 20.2 Å². The van der Waals surface area contributed by atoms with Crippen LogP contribution in [-0.2, 0) is 16.1 Å². The minimum atomic E-state index is -5.08. The molecule has 2 bridgehead atoms. The summed E-state index contributed by atoms with van der Waals surface area (Å²) < 4.78 is 68.6. The molecular formula is C17H20F6N2O5. The van der Waals surface area contributed by atoms with E-state index in [9.17, 15) is 26.3 Å². The first-order valence-corrected chi connectivity index (χ1v) is 8.44. The van der Waals surface area contributed by atoms with Gasteiger partial charge in [0, 0.05) is 31.7 Å². The van der Waals surface area contributed by atoms with Crippen molar-refractivity contribution in [2.24, 2.45) is 0 Å². The summed E-state index contributed by atoms with van der Waals surface area (Å²) in [4.78, 5) is 20.4. The third-order valence-electron chi connectivity index (χ3n) is 4.20. The molecule has 0 spiro atoms. The molecule has 2 aliphatic heterocycles. The molecule has 0 amide bonds. The Labute approximate surface area is 167 Å². The van der Waals surface area contributed by atoms with E-state index in [1.807, 2.05) is 12.1 Å². The molecule has 2 atom stereocenters. The zero-order chi connectivity index (χ0) is 23.1. The van der Waals surface area contributed by atoms with E-state index in [0.29, 0.717) is 0 Å². The average molecular weight is 446 g/mol. The lowest BCUT2D eigenvalue weighted by Gasteiger charge is -2.27. The number of rotatable bonds is 3. The normalized spacial score (nSPS) is 20.5. The third kappa shape index (κ3) is 8.45. The van der Waals surface area contributed by atoms with Crippen LogP contribution in [-0.4, -0.2) is 71.7 Å². The fourth-order valence-corrected chi connectivity index (χ4v) is 2.81. The van der Waals surface area contributed by atoms with E-state index >= 15 is 0 Å². The molecule has 170 valence electrons. The van der Waals surface area contributed by atoms with Gasteiger partial charge in [0.1, 0.15) is 5.75 Å². The molecule has 0 aromatic heterocycles. The number of alkyl halides is 6. The average Bonchev–Trinajstić information content (AvgIpc) is 3.25. The van der Waals surface area contributed by atoms with E-state index in [1.165, 1.54) is 25.1 Å². The number of aliphatic carboxylic acids is 2. The number of nitrogens with zero attached hydrogens (tertiary/aromatic N) is 1. The number of fused-ring (bicyclic) bond motifs is 2. The van der Waals surface area contributed by atoms with Gasteiger partial charge in [-0.1, -0.05) is 12.1 Å². The van der Waals surface area contributed by atoms with Gasteiger partial charge in [-0.15, -0.1) is 0 Å². The highest BCUT2D eigenvalue weighted by Gasteiger charge is 2.39. The van der Waals surface area contributed by atoms with E-state index in [-0.39, 0.29) is 0 Å². The van der Waals surface area contributed by atoms with Crippen molar-refractivity contribution >= 4 is 11.9 Å². The number of methoxy groups -OCH3 is 1. The van der Waals surface area contributed by atoms with E-state index in [2.05, 4.69) is 22.3 Å². The van der Waals surface area contributed by atoms with Gasteiger partial charge in [0.25, 0.3) is 0 Å². The lowest BCUT2D eigenvalue weighted by atomic mass is 10.2. The molecular weight excluding hydrogens is 426 g/mol. The third-order valence-corrected chi connectivity index (χ3v) is 4.20. The summed E-state index contributed by atoms with van der Waals surface area (Å²) in [7, 11) is 1.71. The fraction of sp³-hybridized carbons (Fsp3) is 0.529. The van der Waals surface area contributed by atoms with Crippen molar-refractivity contribution in [3.05, 3.63) is 29.8 Å². The minimum absolute atomic E-state index is 0.739. The first-order chi connectivity index (χ1) is 13.7. The molecule has 2 saturated heterocycles. The smallest absolute Gasteiger partial charge is 0.490 e. The number of piperazine rings is 1.